The van der Waals surface area contributed by atoms with Crippen molar-refractivity contribution in [2.24, 2.45) is 0 Å². The number of ether oxygens (including phenoxy) is 1. The predicted octanol–water partition coefficient (Wildman–Crippen LogP) is 2.26. The van der Waals surface area contributed by atoms with E-state index in [0.717, 1.165) is 56.5 Å². The van der Waals surface area contributed by atoms with Crippen molar-refractivity contribution in [2.45, 2.75) is 70.2 Å². The Labute approximate surface area is 150 Å². The minimum atomic E-state index is -0.467. The molecule has 0 radical (unpaired) electrons. The number of rotatable bonds is 4. The second-order valence-electron chi connectivity index (χ2n) is 7.42. The Morgan fingerprint density at radius 3 is 2.60 bits per heavy atom. The summed E-state index contributed by atoms with van der Waals surface area (Å²) >= 11 is 0. The van der Waals surface area contributed by atoms with Crippen LogP contribution in [-0.2, 0) is 4.79 Å². The fraction of sp³-hybridized carbons (Fsp3) is 0.650. The molecule has 1 amide bonds. The van der Waals surface area contributed by atoms with Gasteiger partial charge in [-0.05, 0) is 50.7 Å². The fourth-order valence-corrected chi connectivity index (χ4v) is 4.16. The molecular formula is C20H30N2O3. The Balaban J connectivity index is 1.58. The first kappa shape index (κ1) is 18.2. The molecule has 0 unspecified atom stereocenters. The zero-order valence-electron chi connectivity index (χ0n) is 15.3. The third-order valence-electron chi connectivity index (χ3n) is 5.54. The zero-order chi connectivity index (χ0) is 17.8. The number of aryl methyl sites for hydroxylation is 1. The van der Waals surface area contributed by atoms with Crippen LogP contribution in [0.3, 0.4) is 0 Å². The molecule has 2 fully saturated rings. The van der Waals surface area contributed by atoms with Crippen molar-refractivity contribution in [3.63, 3.8) is 0 Å². The van der Waals surface area contributed by atoms with Gasteiger partial charge in [-0.15, -0.1) is 0 Å². The Hall–Kier alpha value is -1.59. The highest BCUT2D eigenvalue weighted by molar-refractivity contribution is 5.73. The first-order valence-electron chi connectivity index (χ1n) is 9.46. The third-order valence-corrected chi connectivity index (χ3v) is 5.54. The average molecular weight is 346 g/mol. The minimum absolute atomic E-state index is 0.0443. The molecular weight excluding hydrogens is 316 g/mol. The van der Waals surface area contributed by atoms with Gasteiger partial charge in [-0.25, -0.2) is 0 Å². The second kappa shape index (κ2) is 8.19. The molecule has 1 saturated heterocycles. The number of likely N-dealkylation sites (tertiary alicyclic amines) is 1. The summed E-state index contributed by atoms with van der Waals surface area (Å²) in [5, 5.41) is 13.9. The van der Waals surface area contributed by atoms with Gasteiger partial charge >= 0.3 is 0 Å². The van der Waals surface area contributed by atoms with Gasteiger partial charge in [0.15, 0.2) is 0 Å². The standard InChI is InChI=1S/C20H30N2O3/c1-14-6-3-4-8-18(14)25-19-9-5-7-17(20(19)24)22-12-10-16(11-13-22)21-15(2)23/h3-4,6,8,16-17,19-20,24H,5,7,9-13H2,1-2H3,(H,21,23)/t17-,19+,20+/m0/s1. The normalized spacial score (nSPS) is 28.5. The molecule has 0 spiro atoms. The number of piperidine rings is 1. The van der Waals surface area contributed by atoms with Crippen molar-refractivity contribution in [1.29, 1.82) is 0 Å². The van der Waals surface area contributed by atoms with E-state index in [4.69, 9.17) is 4.74 Å². The van der Waals surface area contributed by atoms with Crippen LogP contribution in [0, 0.1) is 6.92 Å². The molecule has 2 aliphatic rings. The van der Waals surface area contributed by atoms with Crippen molar-refractivity contribution in [1.82, 2.24) is 10.2 Å². The number of carbonyl (C=O) groups is 1. The van der Waals surface area contributed by atoms with Crippen molar-refractivity contribution in [3.8, 4) is 5.75 Å². The second-order valence-corrected chi connectivity index (χ2v) is 7.42. The summed E-state index contributed by atoms with van der Waals surface area (Å²) < 4.78 is 6.16. The molecule has 1 aliphatic heterocycles. The van der Waals surface area contributed by atoms with Gasteiger partial charge in [0.25, 0.3) is 0 Å². The van der Waals surface area contributed by atoms with Crippen LogP contribution in [0.4, 0.5) is 0 Å². The van der Waals surface area contributed by atoms with E-state index in [9.17, 15) is 9.90 Å². The molecule has 1 saturated carbocycles. The Bertz CT molecular complexity index is 584. The molecule has 1 heterocycles. The van der Waals surface area contributed by atoms with Crippen LogP contribution in [0.1, 0.15) is 44.6 Å². The molecule has 0 bridgehead atoms. The lowest BCUT2D eigenvalue weighted by atomic mass is 9.87. The molecule has 0 aromatic heterocycles. The van der Waals surface area contributed by atoms with E-state index in [1.54, 1.807) is 6.92 Å². The number of benzene rings is 1. The monoisotopic (exact) mass is 346 g/mol. The summed E-state index contributed by atoms with van der Waals surface area (Å²) in [6.07, 6.45) is 4.27. The lowest BCUT2D eigenvalue weighted by Crippen LogP contribution is -2.56. The van der Waals surface area contributed by atoms with E-state index in [1.165, 1.54) is 0 Å². The average Bonchev–Trinajstić information content (AvgIpc) is 2.59. The molecule has 5 nitrogen and oxygen atoms in total. The predicted molar refractivity (Wildman–Crippen MR) is 97.7 cm³/mol. The van der Waals surface area contributed by atoms with Crippen molar-refractivity contribution < 1.29 is 14.6 Å². The topological polar surface area (TPSA) is 61.8 Å². The fourth-order valence-electron chi connectivity index (χ4n) is 4.16. The summed E-state index contributed by atoms with van der Waals surface area (Å²) in [6, 6.07) is 8.41. The summed E-state index contributed by atoms with van der Waals surface area (Å²) in [5.41, 5.74) is 1.10. The van der Waals surface area contributed by atoms with E-state index in [2.05, 4.69) is 10.2 Å². The van der Waals surface area contributed by atoms with E-state index in [1.807, 2.05) is 31.2 Å². The number of hydrogen-bond donors (Lipinski definition) is 2. The Morgan fingerprint density at radius 1 is 1.20 bits per heavy atom. The lowest BCUT2D eigenvalue weighted by Gasteiger charge is -2.44. The van der Waals surface area contributed by atoms with Crippen LogP contribution < -0.4 is 10.1 Å². The van der Waals surface area contributed by atoms with Crippen LogP contribution in [0.15, 0.2) is 24.3 Å². The maximum Gasteiger partial charge on any atom is 0.217 e. The first-order valence-corrected chi connectivity index (χ1v) is 9.46. The molecule has 1 aromatic carbocycles. The van der Waals surface area contributed by atoms with Crippen molar-refractivity contribution >= 4 is 5.91 Å². The first-order chi connectivity index (χ1) is 12.0. The number of nitrogens with zero attached hydrogens (tertiary/aromatic N) is 1. The zero-order valence-corrected chi connectivity index (χ0v) is 15.3. The summed E-state index contributed by atoms with van der Waals surface area (Å²) in [5.74, 6) is 0.916. The number of carbonyl (C=O) groups excluding carboxylic acids is 1. The van der Waals surface area contributed by atoms with Crippen LogP contribution in [0.5, 0.6) is 5.75 Å². The molecule has 1 aromatic rings. The Morgan fingerprint density at radius 2 is 1.92 bits per heavy atom. The van der Waals surface area contributed by atoms with E-state index in [0.29, 0.717) is 0 Å². The molecule has 3 atom stereocenters. The van der Waals surface area contributed by atoms with Gasteiger partial charge in [-0.1, -0.05) is 18.2 Å². The molecule has 25 heavy (non-hydrogen) atoms. The largest absolute Gasteiger partial charge is 0.487 e. The highest BCUT2D eigenvalue weighted by Gasteiger charge is 2.38. The molecule has 138 valence electrons. The van der Waals surface area contributed by atoms with Gasteiger partial charge in [0.2, 0.25) is 5.91 Å². The van der Waals surface area contributed by atoms with Crippen LogP contribution in [-0.4, -0.2) is 53.3 Å². The summed E-state index contributed by atoms with van der Waals surface area (Å²) in [6.45, 7) is 5.45. The van der Waals surface area contributed by atoms with Crippen molar-refractivity contribution in [3.05, 3.63) is 29.8 Å². The highest BCUT2D eigenvalue weighted by Crippen LogP contribution is 2.30. The number of para-hydroxylation sites is 1. The minimum Gasteiger partial charge on any atom is -0.487 e. The quantitative estimate of drug-likeness (QED) is 0.878. The van der Waals surface area contributed by atoms with Crippen LogP contribution >= 0.6 is 0 Å². The molecule has 5 heteroatoms. The number of nitrogens with one attached hydrogen (secondary N) is 1. The summed E-state index contributed by atoms with van der Waals surface area (Å²) in [7, 11) is 0. The third kappa shape index (κ3) is 4.53. The van der Waals surface area contributed by atoms with E-state index < -0.39 is 6.10 Å². The smallest absolute Gasteiger partial charge is 0.217 e. The van der Waals surface area contributed by atoms with Gasteiger partial charge in [0, 0.05) is 32.1 Å². The van der Waals surface area contributed by atoms with Gasteiger partial charge < -0.3 is 15.2 Å². The van der Waals surface area contributed by atoms with Crippen molar-refractivity contribution in [2.75, 3.05) is 13.1 Å². The highest BCUT2D eigenvalue weighted by atomic mass is 16.5. The van der Waals surface area contributed by atoms with Crippen LogP contribution in [0.25, 0.3) is 0 Å². The van der Waals surface area contributed by atoms with Crippen LogP contribution in [0.2, 0.25) is 0 Å². The maximum atomic E-state index is 11.2. The number of aliphatic hydroxyl groups excluding tert-OH is 1. The van der Waals surface area contributed by atoms with Gasteiger partial charge in [0.05, 0.1) is 0 Å². The number of amides is 1. The summed E-state index contributed by atoms with van der Waals surface area (Å²) in [4.78, 5) is 13.6. The molecule has 1 aliphatic carbocycles. The molecule has 3 rings (SSSR count). The number of hydrogen-bond acceptors (Lipinski definition) is 4. The SMILES string of the molecule is CC(=O)NC1CCN([C@H]2CCC[C@@H](Oc3ccccc3C)[C@@H]2O)CC1. The van der Waals surface area contributed by atoms with E-state index in [-0.39, 0.29) is 24.1 Å². The van der Waals surface area contributed by atoms with Gasteiger partial charge in [0.1, 0.15) is 18.0 Å². The number of aliphatic hydroxyl groups is 1. The lowest BCUT2D eigenvalue weighted by molar-refractivity contribution is -0.120. The Kier molecular flexibility index (Phi) is 5.97. The maximum absolute atomic E-state index is 11.2. The van der Waals surface area contributed by atoms with Gasteiger partial charge in [-0.3, -0.25) is 9.69 Å². The van der Waals surface area contributed by atoms with E-state index >= 15 is 0 Å². The van der Waals surface area contributed by atoms with Gasteiger partial charge in [-0.2, -0.15) is 0 Å². The molecule has 2 N–H and O–H groups in total.